The standard InChI is InChI=1S/C12H16ClN3O3/c1-19-8-4-2-7(3-5-8)15-10-9(11(17)18)6-14-12(13)16-10/h6-8H,2-5H2,1H3,(H,17,18)(H,14,15,16)/t7-,8-. The van der Waals surface area contributed by atoms with Gasteiger partial charge in [-0.1, -0.05) is 0 Å². The van der Waals surface area contributed by atoms with Crippen LogP contribution < -0.4 is 5.32 Å². The molecule has 0 aliphatic heterocycles. The highest BCUT2D eigenvalue weighted by Gasteiger charge is 2.23. The lowest BCUT2D eigenvalue weighted by Gasteiger charge is -2.28. The normalized spacial score (nSPS) is 23.1. The van der Waals surface area contributed by atoms with Gasteiger partial charge in [0.2, 0.25) is 5.28 Å². The van der Waals surface area contributed by atoms with E-state index in [0.29, 0.717) is 6.10 Å². The molecule has 6 nitrogen and oxygen atoms in total. The molecule has 0 bridgehead atoms. The first-order valence-corrected chi connectivity index (χ1v) is 6.53. The van der Waals surface area contributed by atoms with E-state index in [-0.39, 0.29) is 22.7 Å². The van der Waals surface area contributed by atoms with Gasteiger partial charge in [0, 0.05) is 19.3 Å². The van der Waals surface area contributed by atoms with Gasteiger partial charge in [-0.15, -0.1) is 0 Å². The molecule has 1 saturated carbocycles. The summed E-state index contributed by atoms with van der Waals surface area (Å²) < 4.78 is 5.30. The minimum absolute atomic E-state index is 0.0399. The van der Waals surface area contributed by atoms with Gasteiger partial charge in [0.05, 0.1) is 6.10 Å². The Morgan fingerprint density at radius 1 is 1.47 bits per heavy atom. The van der Waals surface area contributed by atoms with Crippen molar-refractivity contribution in [1.29, 1.82) is 0 Å². The number of carbonyl (C=O) groups is 1. The minimum atomic E-state index is -1.07. The van der Waals surface area contributed by atoms with Crippen LogP contribution >= 0.6 is 11.6 Å². The molecule has 1 aliphatic rings. The second-order valence-electron chi connectivity index (χ2n) is 4.56. The van der Waals surface area contributed by atoms with Crippen molar-refractivity contribution >= 4 is 23.4 Å². The summed E-state index contributed by atoms with van der Waals surface area (Å²) >= 11 is 5.71. The Balaban J connectivity index is 2.06. The van der Waals surface area contributed by atoms with E-state index in [0.717, 1.165) is 25.7 Å². The van der Waals surface area contributed by atoms with Crippen molar-refractivity contribution in [2.24, 2.45) is 0 Å². The van der Waals surface area contributed by atoms with Crippen molar-refractivity contribution < 1.29 is 14.6 Å². The molecule has 1 aromatic heterocycles. The van der Waals surface area contributed by atoms with Gasteiger partial charge in [0.1, 0.15) is 11.4 Å². The van der Waals surface area contributed by atoms with Crippen LogP contribution in [0.3, 0.4) is 0 Å². The average molecular weight is 286 g/mol. The number of hydrogen-bond donors (Lipinski definition) is 2. The molecule has 104 valence electrons. The summed E-state index contributed by atoms with van der Waals surface area (Å²) in [5.74, 6) is -0.780. The molecule has 1 aromatic rings. The highest BCUT2D eigenvalue weighted by atomic mass is 35.5. The number of ether oxygens (including phenoxy) is 1. The lowest BCUT2D eigenvalue weighted by atomic mass is 9.93. The largest absolute Gasteiger partial charge is 0.477 e. The molecular weight excluding hydrogens is 270 g/mol. The van der Waals surface area contributed by atoms with Crippen LogP contribution in [0.2, 0.25) is 5.28 Å². The number of halogens is 1. The molecule has 2 N–H and O–H groups in total. The molecule has 0 unspecified atom stereocenters. The number of nitrogens with one attached hydrogen (secondary N) is 1. The zero-order valence-corrected chi connectivity index (χ0v) is 11.4. The SMILES string of the molecule is CO[C@H]1CC[C@H](Nc2nc(Cl)ncc2C(=O)O)CC1. The van der Waals surface area contributed by atoms with Crippen molar-refractivity contribution in [3.05, 3.63) is 17.0 Å². The summed E-state index contributed by atoms with van der Waals surface area (Å²) in [6.45, 7) is 0. The van der Waals surface area contributed by atoms with E-state index >= 15 is 0 Å². The smallest absolute Gasteiger partial charge is 0.341 e. The Morgan fingerprint density at radius 3 is 2.74 bits per heavy atom. The molecule has 2 rings (SSSR count). The third-order valence-corrected chi connectivity index (χ3v) is 3.52. The fourth-order valence-corrected chi connectivity index (χ4v) is 2.40. The van der Waals surface area contributed by atoms with E-state index in [1.54, 1.807) is 7.11 Å². The number of methoxy groups -OCH3 is 1. The number of hydrogen-bond acceptors (Lipinski definition) is 5. The van der Waals surface area contributed by atoms with E-state index in [9.17, 15) is 4.79 Å². The molecule has 7 heteroatoms. The van der Waals surface area contributed by atoms with Crippen LogP contribution in [-0.2, 0) is 4.74 Å². The highest BCUT2D eigenvalue weighted by molar-refractivity contribution is 6.28. The summed E-state index contributed by atoms with van der Waals surface area (Å²) in [5, 5.41) is 12.3. The predicted octanol–water partition coefficient (Wildman–Crippen LogP) is 2.20. The van der Waals surface area contributed by atoms with Crippen molar-refractivity contribution in [2.45, 2.75) is 37.8 Å². The third kappa shape index (κ3) is 3.54. The van der Waals surface area contributed by atoms with Gasteiger partial charge in [0.25, 0.3) is 0 Å². The maximum absolute atomic E-state index is 11.1. The molecular formula is C12H16ClN3O3. The van der Waals surface area contributed by atoms with Gasteiger partial charge in [0.15, 0.2) is 0 Å². The van der Waals surface area contributed by atoms with Crippen LogP contribution in [0.25, 0.3) is 0 Å². The van der Waals surface area contributed by atoms with Gasteiger partial charge < -0.3 is 15.2 Å². The molecule has 1 fully saturated rings. The summed E-state index contributed by atoms with van der Waals surface area (Å²) in [6, 6.07) is 0.190. The fourth-order valence-electron chi connectivity index (χ4n) is 2.26. The molecule has 0 atom stereocenters. The van der Waals surface area contributed by atoms with Crippen molar-refractivity contribution in [1.82, 2.24) is 9.97 Å². The molecule has 0 aromatic carbocycles. The summed E-state index contributed by atoms with van der Waals surface area (Å²) in [4.78, 5) is 18.7. The first-order chi connectivity index (χ1) is 9.10. The Labute approximate surface area is 116 Å². The Hall–Kier alpha value is -1.40. The number of aromatic nitrogens is 2. The Morgan fingerprint density at radius 2 is 2.16 bits per heavy atom. The molecule has 0 spiro atoms. The second kappa shape index (κ2) is 6.16. The van der Waals surface area contributed by atoms with Gasteiger partial charge in [-0.2, -0.15) is 4.98 Å². The highest BCUT2D eigenvalue weighted by Crippen LogP contribution is 2.24. The number of anilines is 1. The van der Waals surface area contributed by atoms with E-state index in [1.165, 1.54) is 6.20 Å². The maximum atomic E-state index is 11.1. The van der Waals surface area contributed by atoms with Gasteiger partial charge in [-0.05, 0) is 37.3 Å². The molecule has 1 aliphatic carbocycles. The quantitative estimate of drug-likeness (QED) is 0.825. The van der Waals surface area contributed by atoms with E-state index in [1.807, 2.05) is 0 Å². The van der Waals surface area contributed by atoms with Crippen LogP contribution in [0.1, 0.15) is 36.0 Å². The molecule has 0 saturated heterocycles. The summed E-state index contributed by atoms with van der Waals surface area (Å²) in [7, 11) is 1.71. The van der Waals surface area contributed by atoms with Crippen molar-refractivity contribution in [3.8, 4) is 0 Å². The van der Waals surface area contributed by atoms with Crippen LogP contribution in [0.15, 0.2) is 6.20 Å². The van der Waals surface area contributed by atoms with Crippen LogP contribution in [0.5, 0.6) is 0 Å². The average Bonchev–Trinajstić information content (AvgIpc) is 2.39. The zero-order chi connectivity index (χ0) is 13.8. The van der Waals surface area contributed by atoms with E-state index < -0.39 is 5.97 Å². The van der Waals surface area contributed by atoms with Crippen LogP contribution in [0, 0.1) is 0 Å². The summed E-state index contributed by atoms with van der Waals surface area (Å²) in [6.07, 6.45) is 5.26. The predicted molar refractivity (Wildman–Crippen MR) is 70.7 cm³/mol. The second-order valence-corrected chi connectivity index (χ2v) is 4.90. The van der Waals surface area contributed by atoms with Gasteiger partial charge in [-0.3, -0.25) is 0 Å². The molecule has 19 heavy (non-hydrogen) atoms. The van der Waals surface area contributed by atoms with Gasteiger partial charge >= 0.3 is 5.97 Å². The topological polar surface area (TPSA) is 84.3 Å². The number of aromatic carboxylic acids is 1. The van der Waals surface area contributed by atoms with E-state index in [2.05, 4.69) is 15.3 Å². The molecule has 0 radical (unpaired) electrons. The number of nitrogens with zero attached hydrogens (tertiary/aromatic N) is 2. The maximum Gasteiger partial charge on any atom is 0.341 e. The molecule has 1 heterocycles. The van der Waals surface area contributed by atoms with E-state index in [4.69, 9.17) is 21.4 Å². The third-order valence-electron chi connectivity index (χ3n) is 3.34. The van der Waals surface area contributed by atoms with Crippen molar-refractivity contribution in [2.75, 3.05) is 12.4 Å². The summed E-state index contributed by atoms with van der Waals surface area (Å²) in [5.41, 5.74) is 0.0401. The van der Waals surface area contributed by atoms with Gasteiger partial charge in [-0.25, -0.2) is 9.78 Å². The van der Waals surface area contributed by atoms with Crippen LogP contribution in [0.4, 0.5) is 5.82 Å². The van der Waals surface area contributed by atoms with Crippen molar-refractivity contribution in [3.63, 3.8) is 0 Å². The lowest BCUT2D eigenvalue weighted by Crippen LogP contribution is -2.30. The zero-order valence-electron chi connectivity index (χ0n) is 10.6. The number of carboxylic acid groups (broad SMARTS) is 1. The van der Waals surface area contributed by atoms with Crippen LogP contribution in [-0.4, -0.2) is 40.3 Å². The molecule has 0 amide bonds. The monoisotopic (exact) mass is 285 g/mol. The fraction of sp³-hybridized carbons (Fsp3) is 0.583. The Kier molecular flexibility index (Phi) is 4.55. The lowest BCUT2D eigenvalue weighted by molar-refractivity contribution is 0.0676. The minimum Gasteiger partial charge on any atom is -0.477 e. The Bertz CT molecular complexity index is 462. The first-order valence-electron chi connectivity index (χ1n) is 6.15. The number of rotatable bonds is 4. The first kappa shape index (κ1) is 14.0. The number of carboxylic acids is 1.